The van der Waals surface area contributed by atoms with Gasteiger partial charge in [0.15, 0.2) is 0 Å². The summed E-state index contributed by atoms with van der Waals surface area (Å²) in [6, 6.07) is 63.3. The molecular weight excluding hydrogens is 792 g/mol. The molecule has 8 aromatic rings. The van der Waals surface area contributed by atoms with E-state index in [1.807, 2.05) is 54.6 Å². The zero-order valence-corrected chi connectivity index (χ0v) is 29.3. The second-order valence-electron chi connectivity index (χ2n) is 11.9. The van der Waals surface area contributed by atoms with Gasteiger partial charge in [-0.2, -0.15) is 0 Å². The van der Waals surface area contributed by atoms with E-state index in [0.29, 0.717) is 11.3 Å². The van der Waals surface area contributed by atoms with Crippen molar-refractivity contribution in [1.82, 2.24) is 9.97 Å². The summed E-state index contributed by atoms with van der Waals surface area (Å²) in [6.07, 6.45) is 1.80. The number of hydrogen-bond acceptors (Lipinski definition) is 3. The second kappa shape index (κ2) is 14.7. The molecule has 4 heteroatoms. The van der Waals surface area contributed by atoms with Gasteiger partial charge in [-0.15, -0.1) is 18.2 Å². The van der Waals surface area contributed by atoms with E-state index in [9.17, 15) is 5.11 Å². The van der Waals surface area contributed by atoms with Crippen LogP contribution in [0.4, 0.5) is 0 Å². The average Bonchev–Trinajstić information content (AvgIpc) is 3.19. The molecule has 1 N–H and O–H groups in total. The minimum atomic E-state index is 0. The summed E-state index contributed by atoms with van der Waals surface area (Å²) in [5.74, 6) is 0.183. The quantitative estimate of drug-likeness (QED) is 0.163. The molecule has 0 bridgehead atoms. The molecule has 6 aromatic carbocycles. The summed E-state index contributed by atoms with van der Waals surface area (Å²) in [6.45, 7) is 0. The normalized spacial score (nSPS) is 10.7. The fourth-order valence-electron chi connectivity index (χ4n) is 6.17. The molecule has 242 valence electrons. The molecule has 0 aliphatic heterocycles. The van der Waals surface area contributed by atoms with E-state index in [-0.39, 0.29) is 26.8 Å². The smallest absolute Gasteiger partial charge is 0.124 e. The molecule has 0 amide bonds. The van der Waals surface area contributed by atoms with E-state index >= 15 is 0 Å². The molecule has 0 radical (unpaired) electrons. The topological polar surface area (TPSA) is 46.0 Å². The van der Waals surface area contributed by atoms with Gasteiger partial charge in [0.25, 0.3) is 0 Å². The Hall–Kier alpha value is -5.89. The molecule has 50 heavy (non-hydrogen) atoms. The van der Waals surface area contributed by atoms with Crippen LogP contribution in [0.25, 0.3) is 78.3 Å². The van der Waals surface area contributed by atoms with E-state index in [1.165, 1.54) is 11.1 Å². The summed E-state index contributed by atoms with van der Waals surface area (Å²) in [5, 5.41) is 10.9. The van der Waals surface area contributed by atoms with E-state index in [2.05, 4.69) is 126 Å². The number of para-hydroxylation sites is 1. The van der Waals surface area contributed by atoms with Gasteiger partial charge in [0, 0.05) is 44.2 Å². The van der Waals surface area contributed by atoms with E-state index < -0.39 is 0 Å². The summed E-state index contributed by atoms with van der Waals surface area (Å²) in [7, 11) is 0. The van der Waals surface area contributed by atoms with Crippen LogP contribution in [0.5, 0.6) is 5.75 Å². The van der Waals surface area contributed by atoms with Crippen LogP contribution >= 0.6 is 0 Å². The predicted molar refractivity (Wildman–Crippen MR) is 201 cm³/mol. The van der Waals surface area contributed by atoms with Gasteiger partial charge < -0.3 is 5.11 Å². The summed E-state index contributed by atoms with van der Waals surface area (Å²) < 4.78 is 0. The molecule has 3 nitrogen and oxygen atoms in total. The van der Waals surface area contributed by atoms with Crippen molar-refractivity contribution in [2.75, 3.05) is 0 Å². The van der Waals surface area contributed by atoms with E-state index in [1.54, 1.807) is 12.3 Å². The second-order valence-corrected chi connectivity index (χ2v) is 11.9. The Morgan fingerprint density at radius 2 is 0.820 bits per heavy atom. The van der Waals surface area contributed by atoms with Crippen LogP contribution in [0.3, 0.4) is 0 Å². The van der Waals surface area contributed by atoms with Gasteiger partial charge in [-0.25, -0.2) is 0 Å². The van der Waals surface area contributed by atoms with Crippen LogP contribution in [0.1, 0.15) is 0 Å². The Labute approximate surface area is 306 Å². The monoisotopic (exact) mass is 822 g/mol. The van der Waals surface area contributed by atoms with Crippen LogP contribution < -0.4 is 0 Å². The number of aromatic hydroxyl groups is 1. The standard InChI is InChI=1S/C46H31N2O.Pt/c49-46-17-8-7-15-42(46)45-31-39(37-24-20-35(21-25-37)33-13-5-2-6-14-33)30-44(48-45)41-28-38(27-40(29-41)43-16-9-10-26-47-43)36-22-18-34(19-23-36)32-11-3-1-4-12-32;/h1-28,30-31,49H;/q-1;. The molecule has 0 saturated carbocycles. The third-order valence-corrected chi connectivity index (χ3v) is 8.74. The fourth-order valence-corrected chi connectivity index (χ4v) is 6.17. The Kier molecular flexibility index (Phi) is 9.60. The van der Waals surface area contributed by atoms with Crippen LogP contribution in [-0.4, -0.2) is 15.1 Å². The maximum Gasteiger partial charge on any atom is 0.124 e. The zero-order valence-electron chi connectivity index (χ0n) is 27.0. The van der Waals surface area contributed by atoms with Crippen molar-refractivity contribution in [3.8, 4) is 84.0 Å². The van der Waals surface area contributed by atoms with Gasteiger partial charge in [-0.1, -0.05) is 156 Å². The predicted octanol–water partition coefficient (Wildman–Crippen LogP) is 11.6. The Bertz CT molecular complexity index is 2360. The molecule has 8 rings (SSSR count). The Morgan fingerprint density at radius 3 is 1.36 bits per heavy atom. The SMILES string of the molecule is Oc1ccccc1-c1cc(-c2ccc(-c3ccccc3)cc2)cc(-c2[c-]c(-c3ccccn3)cc(-c3ccc(-c4ccccc4)cc3)c2)n1.[Pt]. The number of hydrogen-bond donors (Lipinski definition) is 1. The van der Waals surface area contributed by atoms with Crippen LogP contribution in [-0.2, 0) is 21.1 Å². The summed E-state index contributed by atoms with van der Waals surface area (Å²) in [4.78, 5) is 9.80. The molecular formula is C46H31N2OPt-. The van der Waals surface area contributed by atoms with Gasteiger partial charge in [0.05, 0.1) is 5.69 Å². The number of pyridine rings is 2. The maximum atomic E-state index is 10.9. The average molecular weight is 823 g/mol. The number of rotatable bonds is 7. The summed E-state index contributed by atoms with van der Waals surface area (Å²) >= 11 is 0. The van der Waals surface area contributed by atoms with Gasteiger partial charge in [0.1, 0.15) is 5.75 Å². The van der Waals surface area contributed by atoms with Crippen LogP contribution in [0.15, 0.2) is 182 Å². The van der Waals surface area contributed by atoms with Crippen molar-refractivity contribution in [2.45, 2.75) is 0 Å². The number of aromatic nitrogens is 2. The van der Waals surface area contributed by atoms with Gasteiger partial charge >= 0.3 is 0 Å². The molecule has 0 aliphatic rings. The van der Waals surface area contributed by atoms with E-state index in [4.69, 9.17) is 4.98 Å². The first-order valence-electron chi connectivity index (χ1n) is 16.3. The molecule has 0 atom stereocenters. The van der Waals surface area contributed by atoms with Crippen molar-refractivity contribution in [1.29, 1.82) is 0 Å². The molecule has 0 unspecified atom stereocenters. The van der Waals surface area contributed by atoms with Crippen molar-refractivity contribution in [2.24, 2.45) is 0 Å². The molecule has 0 spiro atoms. The zero-order chi connectivity index (χ0) is 33.0. The first kappa shape index (κ1) is 32.6. The van der Waals surface area contributed by atoms with Gasteiger partial charge in [0.2, 0.25) is 0 Å². The first-order chi connectivity index (χ1) is 24.2. The molecule has 0 saturated heterocycles. The number of phenols is 1. The number of benzene rings is 6. The summed E-state index contributed by atoms with van der Waals surface area (Å²) in [5.41, 5.74) is 13.5. The van der Waals surface area contributed by atoms with Crippen molar-refractivity contribution in [3.63, 3.8) is 0 Å². The molecule has 0 aliphatic carbocycles. The number of phenolic OH excluding ortho intramolecular Hbond substituents is 1. The van der Waals surface area contributed by atoms with Crippen molar-refractivity contribution < 1.29 is 26.2 Å². The third-order valence-electron chi connectivity index (χ3n) is 8.74. The first-order valence-corrected chi connectivity index (χ1v) is 16.3. The largest absolute Gasteiger partial charge is 0.507 e. The molecule has 2 heterocycles. The van der Waals surface area contributed by atoms with Crippen molar-refractivity contribution >= 4 is 0 Å². The van der Waals surface area contributed by atoms with Crippen LogP contribution in [0, 0.1) is 6.07 Å². The Balaban J connectivity index is 0.00000392. The number of nitrogens with zero attached hydrogens (tertiary/aromatic N) is 2. The minimum Gasteiger partial charge on any atom is -0.507 e. The fraction of sp³-hybridized carbons (Fsp3) is 0. The van der Waals surface area contributed by atoms with Gasteiger partial charge in [-0.3, -0.25) is 9.97 Å². The molecule has 0 fully saturated rings. The van der Waals surface area contributed by atoms with E-state index in [0.717, 1.165) is 55.9 Å². The molecule has 2 aromatic heterocycles. The Morgan fingerprint density at radius 1 is 0.380 bits per heavy atom. The minimum absolute atomic E-state index is 0. The van der Waals surface area contributed by atoms with Crippen LogP contribution in [0.2, 0.25) is 0 Å². The third kappa shape index (κ3) is 6.96. The maximum absolute atomic E-state index is 10.9. The van der Waals surface area contributed by atoms with Crippen molar-refractivity contribution in [3.05, 3.63) is 188 Å². The van der Waals surface area contributed by atoms with Gasteiger partial charge in [-0.05, 0) is 63.2 Å².